The van der Waals surface area contributed by atoms with Crippen LogP contribution in [0.4, 0.5) is 5.69 Å². The van der Waals surface area contributed by atoms with Gasteiger partial charge in [-0.1, -0.05) is 23.1 Å². The van der Waals surface area contributed by atoms with E-state index in [0.29, 0.717) is 29.7 Å². The summed E-state index contributed by atoms with van der Waals surface area (Å²) in [5.41, 5.74) is 2.69. The van der Waals surface area contributed by atoms with E-state index in [1.54, 1.807) is 12.3 Å². The predicted octanol–water partition coefficient (Wildman–Crippen LogP) is 1.23. The Kier molecular flexibility index (Phi) is 3.25. The van der Waals surface area contributed by atoms with Crippen LogP contribution in [0.1, 0.15) is 27.2 Å². The van der Waals surface area contributed by atoms with Crippen LogP contribution in [0.2, 0.25) is 5.02 Å². The Bertz CT molecular complexity index is 792. The minimum Gasteiger partial charge on any atom is -0.287 e. The Balaban J connectivity index is 2.24. The number of ketones is 1. The first-order valence-electron chi connectivity index (χ1n) is 6.45. The zero-order valence-electron chi connectivity index (χ0n) is 11.2. The third kappa shape index (κ3) is 2.21. The van der Waals surface area contributed by atoms with E-state index in [-0.39, 0.29) is 16.5 Å². The van der Waals surface area contributed by atoms with Gasteiger partial charge in [-0.15, -0.1) is 0 Å². The molecule has 5 nitrogen and oxygen atoms in total. The summed E-state index contributed by atoms with van der Waals surface area (Å²) in [6.07, 6.45) is 2.56. The maximum absolute atomic E-state index is 12.6. The van der Waals surface area contributed by atoms with Gasteiger partial charge in [0, 0.05) is 17.3 Å². The molecule has 1 aromatic carbocycles. The highest BCUT2D eigenvalue weighted by molar-refractivity contribution is 6.33. The molecule has 0 atom stereocenters. The predicted molar refractivity (Wildman–Crippen MR) is 81.4 cm³/mol. The number of hydrogen-bond donors (Lipinski definition) is 0. The standard InChI is InChI=1S/C14H10BClN2O3/c15-8-5-7-1-2-9-10(14(19)12(7)17-6-8)3-4-11(16)13(9)18(20)21/h3-6H,1-2,15H2. The number of fused-ring (bicyclic) bond motifs is 2. The monoisotopic (exact) mass is 300 g/mol. The summed E-state index contributed by atoms with van der Waals surface area (Å²) in [6.45, 7) is 0. The number of halogens is 1. The van der Waals surface area contributed by atoms with Gasteiger partial charge in [-0.05, 0) is 30.5 Å². The number of aryl methyl sites for hydroxylation is 1. The van der Waals surface area contributed by atoms with E-state index in [0.717, 1.165) is 11.0 Å². The van der Waals surface area contributed by atoms with Crippen LogP contribution < -0.4 is 5.46 Å². The Morgan fingerprint density at radius 2 is 2.10 bits per heavy atom. The van der Waals surface area contributed by atoms with E-state index < -0.39 is 4.92 Å². The van der Waals surface area contributed by atoms with Gasteiger partial charge in [-0.25, -0.2) is 0 Å². The highest BCUT2D eigenvalue weighted by atomic mass is 35.5. The molecule has 1 aromatic heterocycles. The van der Waals surface area contributed by atoms with Crippen molar-refractivity contribution in [2.75, 3.05) is 0 Å². The maximum Gasteiger partial charge on any atom is 0.291 e. The lowest BCUT2D eigenvalue weighted by Crippen LogP contribution is -2.12. The van der Waals surface area contributed by atoms with Crippen LogP contribution in [-0.4, -0.2) is 23.5 Å². The second-order valence-corrected chi connectivity index (χ2v) is 5.44. The van der Waals surface area contributed by atoms with Crippen LogP contribution in [0.3, 0.4) is 0 Å². The minimum absolute atomic E-state index is 0.0571. The first-order valence-corrected chi connectivity index (χ1v) is 6.83. The molecule has 1 aliphatic rings. The van der Waals surface area contributed by atoms with Crippen molar-refractivity contribution in [1.29, 1.82) is 0 Å². The van der Waals surface area contributed by atoms with Gasteiger partial charge in [-0.3, -0.25) is 19.9 Å². The summed E-state index contributed by atoms with van der Waals surface area (Å²) in [5, 5.41) is 11.3. The average Bonchev–Trinajstić information content (AvgIpc) is 2.56. The molecule has 0 N–H and O–H groups in total. The van der Waals surface area contributed by atoms with E-state index in [9.17, 15) is 14.9 Å². The molecular formula is C14H10BClN2O3. The number of rotatable bonds is 1. The molecule has 7 heteroatoms. The molecule has 0 saturated heterocycles. The summed E-state index contributed by atoms with van der Waals surface area (Å²) in [6, 6.07) is 4.85. The maximum atomic E-state index is 12.6. The fourth-order valence-corrected chi connectivity index (χ4v) is 2.93. The largest absolute Gasteiger partial charge is 0.291 e. The molecule has 3 rings (SSSR count). The zero-order chi connectivity index (χ0) is 15.1. The van der Waals surface area contributed by atoms with Gasteiger partial charge in [-0.2, -0.15) is 0 Å². The van der Waals surface area contributed by atoms with E-state index in [2.05, 4.69) is 4.98 Å². The molecule has 21 heavy (non-hydrogen) atoms. The molecule has 2 aromatic rings. The van der Waals surface area contributed by atoms with Gasteiger partial charge in [0.25, 0.3) is 5.69 Å². The van der Waals surface area contributed by atoms with Crippen LogP contribution >= 0.6 is 11.6 Å². The van der Waals surface area contributed by atoms with Gasteiger partial charge in [0.1, 0.15) is 18.6 Å². The third-order valence-corrected chi connectivity index (χ3v) is 3.93. The number of aromatic nitrogens is 1. The van der Waals surface area contributed by atoms with Gasteiger partial charge in [0.15, 0.2) is 0 Å². The summed E-state index contributed by atoms with van der Waals surface area (Å²) >= 11 is 5.93. The molecule has 0 fully saturated rings. The van der Waals surface area contributed by atoms with Crippen molar-refractivity contribution in [2.45, 2.75) is 12.8 Å². The smallest absolute Gasteiger partial charge is 0.287 e. The fourth-order valence-electron chi connectivity index (χ4n) is 2.68. The van der Waals surface area contributed by atoms with Crippen LogP contribution in [0.15, 0.2) is 24.4 Å². The molecule has 1 heterocycles. The molecule has 1 aliphatic carbocycles. The SMILES string of the molecule is Bc1cnc2c(c1)CCc1c(ccc(Cl)c1[N+](=O)[O-])C2=O. The van der Waals surface area contributed by atoms with Crippen molar-refractivity contribution >= 4 is 36.4 Å². The second kappa shape index (κ2) is 4.97. The normalized spacial score (nSPS) is 13.3. The number of nitro benzene ring substituents is 1. The van der Waals surface area contributed by atoms with Gasteiger partial charge in [0.2, 0.25) is 5.78 Å². The summed E-state index contributed by atoms with van der Waals surface area (Å²) in [4.78, 5) is 27.5. The first kappa shape index (κ1) is 13.8. The number of carbonyl (C=O) groups is 1. The molecule has 0 aliphatic heterocycles. The lowest BCUT2D eigenvalue weighted by molar-refractivity contribution is -0.385. The van der Waals surface area contributed by atoms with Crippen molar-refractivity contribution < 1.29 is 9.72 Å². The average molecular weight is 301 g/mol. The second-order valence-electron chi connectivity index (χ2n) is 5.03. The quantitative estimate of drug-likeness (QED) is 0.451. The Morgan fingerprint density at radius 1 is 1.33 bits per heavy atom. The number of nitrogens with zero attached hydrogens (tertiary/aromatic N) is 2. The number of nitro groups is 1. The van der Waals surface area contributed by atoms with E-state index in [1.807, 2.05) is 13.9 Å². The molecule has 0 saturated carbocycles. The summed E-state index contributed by atoms with van der Waals surface area (Å²) < 4.78 is 0. The Labute approximate surface area is 126 Å². The van der Waals surface area contributed by atoms with Crippen LogP contribution in [0, 0.1) is 10.1 Å². The van der Waals surface area contributed by atoms with E-state index in [4.69, 9.17) is 11.6 Å². The molecule has 0 amide bonds. The van der Waals surface area contributed by atoms with Crippen LogP contribution in [0.25, 0.3) is 0 Å². The van der Waals surface area contributed by atoms with E-state index >= 15 is 0 Å². The fraction of sp³-hybridized carbons (Fsp3) is 0.143. The zero-order valence-corrected chi connectivity index (χ0v) is 12.0. The highest BCUT2D eigenvalue weighted by Crippen LogP contribution is 2.35. The third-order valence-electron chi connectivity index (χ3n) is 3.62. The summed E-state index contributed by atoms with van der Waals surface area (Å²) in [5.74, 6) is -0.280. The lowest BCUT2D eigenvalue weighted by atomic mass is 9.94. The number of carbonyl (C=O) groups excluding carboxylic acids is 1. The molecule has 0 spiro atoms. The number of pyridine rings is 1. The molecule has 0 bridgehead atoms. The highest BCUT2D eigenvalue weighted by Gasteiger charge is 2.29. The Hall–Kier alpha value is -2.21. The van der Waals surface area contributed by atoms with Gasteiger partial charge in [0.05, 0.1) is 4.92 Å². The van der Waals surface area contributed by atoms with Crippen LogP contribution in [-0.2, 0) is 12.8 Å². The molecule has 0 unspecified atom stereocenters. The van der Waals surface area contributed by atoms with Crippen molar-refractivity contribution in [2.24, 2.45) is 0 Å². The topological polar surface area (TPSA) is 73.1 Å². The summed E-state index contributed by atoms with van der Waals surface area (Å²) in [7, 11) is 1.90. The van der Waals surface area contributed by atoms with Crippen LogP contribution in [0.5, 0.6) is 0 Å². The number of hydrogen-bond acceptors (Lipinski definition) is 4. The number of benzene rings is 1. The van der Waals surface area contributed by atoms with Gasteiger partial charge < -0.3 is 0 Å². The first-order chi connectivity index (χ1) is 9.99. The van der Waals surface area contributed by atoms with E-state index in [1.165, 1.54) is 6.07 Å². The lowest BCUT2D eigenvalue weighted by Gasteiger charge is -2.06. The molecular weight excluding hydrogens is 290 g/mol. The van der Waals surface area contributed by atoms with Crippen molar-refractivity contribution in [3.05, 3.63) is 61.9 Å². The van der Waals surface area contributed by atoms with Gasteiger partial charge >= 0.3 is 0 Å². The Morgan fingerprint density at radius 3 is 2.81 bits per heavy atom. The minimum atomic E-state index is -0.525. The molecule has 0 radical (unpaired) electrons. The molecule has 104 valence electrons. The van der Waals surface area contributed by atoms with Crippen molar-refractivity contribution in [3.8, 4) is 0 Å². The van der Waals surface area contributed by atoms with Crippen molar-refractivity contribution in [1.82, 2.24) is 4.98 Å². The van der Waals surface area contributed by atoms with Crippen molar-refractivity contribution in [3.63, 3.8) is 0 Å².